The Kier molecular flexibility index (Phi) is 5.62. The molecule has 9 nitrogen and oxygen atoms in total. The van der Waals surface area contributed by atoms with E-state index in [1.807, 2.05) is 6.07 Å². The van der Waals surface area contributed by atoms with Crippen LogP contribution in [0.4, 0.5) is 10.1 Å². The van der Waals surface area contributed by atoms with Crippen molar-refractivity contribution >= 4 is 17.4 Å². The molecule has 0 saturated carbocycles. The van der Waals surface area contributed by atoms with Crippen molar-refractivity contribution < 1.29 is 18.6 Å². The van der Waals surface area contributed by atoms with Crippen molar-refractivity contribution in [3.05, 3.63) is 29.6 Å². The van der Waals surface area contributed by atoms with Crippen LogP contribution in [-0.4, -0.2) is 63.4 Å². The molecule has 4 rings (SSSR count). The van der Waals surface area contributed by atoms with Gasteiger partial charge in [-0.2, -0.15) is 5.26 Å². The van der Waals surface area contributed by atoms with Gasteiger partial charge in [0.25, 0.3) is 0 Å². The van der Waals surface area contributed by atoms with Gasteiger partial charge in [0.05, 0.1) is 37.1 Å². The van der Waals surface area contributed by atoms with Gasteiger partial charge in [-0.1, -0.05) is 0 Å². The number of nitriles is 1. The van der Waals surface area contributed by atoms with Gasteiger partial charge in [-0.05, 0) is 18.2 Å². The molecule has 154 valence electrons. The molecule has 3 unspecified atom stereocenters. The Morgan fingerprint density at radius 1 is 1.38 bits per heavy atom. The Balaban J connectivity index is 1.53. The summed E-state index contributed by atoms with van der Waals surface area (Å²) < 4.78 is 32.0. The van der Waals surface area contributed by atoms with Crippen LogP contribution in [0.25, 0.3) is 0 Å². The predicted octanol–water partition coefficient (Wildman–Crippen LogP) is 0.403. The molecular weight excluding hydrogens is 379 g/mol. The van der Waals surface area contributed by atoms with Crippen LogP contribution < -0.4 is 16.1 Å². The molecule has 4 N–H and O–H groups in total. The SMILES string of the molecule is N#Cc1ccc(N2CCOC(/C(=N/N)OC3C4CNCC3COC4)C2=N)c(F)c1. The molecule has 3 fully saturated rings. The molecule has 1 aromatic carbocycles. The molecule has 0 spiro atoms. The molecule has 10 heteroatoms. The zero-order valence-corrected chi connectivity index (χ0v) is 15.8. The third kappa shape index (κ3) is 3.76. The van der Waals surface area contributed by atoms with Crippen molar-refractivity contribution in [3.8, 4) is 6.07 Å². The van der Waals surface area contributed by atoms with Gasteiger partial charge in [0, 0.05) is 31.5 Å². The lowest BCUT2D eigenvalue weighted by atomic mass is 9.86. The standard InChI is InChI=1S/C19H23FN6O3/c20-14-5-11(6-21)1-2-15(14)26-3-4-28-17(18(26)22)19(25-23)29-16-12-7-24-8-13(16)10-27-9-12/h1-2,5,12-13,16-17,22,24H,3-4,7-10,23H2/b22-18?,25-19-. The van der Waals surface area contributed by atoms with Crippen LogP contribution >= 0.6 is 0 Å². The number of nitrogens with two attached hydrogens (primary N) is 1. The van der Waals surface area contributed by atoms with Gasteiger partial charge in [-0.15, -0.1) is 5.10 Å². The summed E-state index contributed by atoms with van der Waals surface area (Å²) in [5.74, 6) is 5.43. The molecule has 3 heterocycles. The van der Waals surface area contributed by atoms with Gasteiger partial charge in [0.1, 0.15) is 17.8 Å². The third-order valence-corrected chi connectivity index (χ3v) is 5.52. The highest BCUT2D eigenvalue weighted by molar-refractivity contribution is 6.12. The third-order valence-electron chi connectivity index (χ3n) is 5.52. The molecule has 3 saturated heterocycles. The van der Waals surface area contributed by atoms with Gasteiger partial charge in [-0.25, -0.2) is 4.39 Å². The molecule has 0 aromatic heterocycles. The molecule has 29 heavy (non-hydrogen) atoms. The van der Waals surface area contributed by atoms with E-state index in [1.54, 1.807) is 0 Å². The van der Waals surface area contributed by atoms with E-state index in [9.17, 15) is 4.39 Å². The number of nitrogens with zero attached hydrogens (tertiary/aromatic N) is 3. The first-order chi connectivity index (χ1) is 14.1. The quantitative estimate of drug-likeness (QED) is 0.289. The fraction of sp³-hybridized carbons (Fsp3) is 0.526. The van der Waals surface area contributed by atoms with Crippen LogP contribution in [0.5, 0.6) is 0 Å². The number of hydrogen-bond donors (Lipinski definition) is 3. The monoisotopic (exact) mass is 402 g/mol. The number of nitrogens with one attached hydrogen (secondary N) is 2. The predicted molar refractivity (Wildman–Crippen MR) is 103 cm³/mol. The number of halogens is 1. The average molecular weight is 402 g/mol. The summed E-state index contributed by atoms with van der Waals surface area (Å²) in [5.41, 5.74) is 0.417. The topological polar surface area (TPSA) is 129 Å². The summed E-state index contributed by atoms with van der Waals surface area (Å²) in [5, 5.41) is 24.6. The second-order valence-electron chi connectivity index (χ2n) is 7.33. The summed E-state index contributed by atoms with van der Waals surface area (Å²) in [4.78, 5) is 1.49. The minimum atomic E-state index is -0.930. The highest BCUT2D eigenvalue weighted by atomic mass is 19.1. The highest BCUT2D eigenvalue weighted by Crippen LogP contribution is 2.29. The number of benzene rings is 1. The van der Waals surface area contributed by atoms with Crippen molar-refractivity contribution in [3.63, 3.8) is 0 Å². The van der Waals surface area contributed by atoms with E-state index in [-0.39, 0.29) is 47.5 Å². The summed E-state index contributed by atoms with van der Waals surface area (Å²) >= 11 is 0. The molecular formula is C19H23FN6O3. The number of rotatable bonds is 3. The summed E-state index contributed by atoms with van der Waals surface area (Å²) in [7, 11) is 0. The Bertz CT molecular complexity index is 835. The fourth-order valence-corrected chi connectivity index (χ4v) is 4.08. The maximum atomic E-state index is 14.5. The van der Waals surface area contributed by atoms with Crippen molar-refractivity contribution in [2.24, 2.45) is 22.8 Å². The van der Waals surface area contributed by atoms with Crippen LogP contribution in [0.2, 0.25) is 0 Å². The molecule has 0 amide bonds. The van der Waals surface area contributed by atoms with Crippen LogP contribution in [0, 0.1) is 34.4 Å². The van der Waals surface area contributed by atoms with Gasteiger partial charge < -0.3 is 30.3 Å². The number of fused-ring (bicyclic) bond motifs is 2. The minimum Gasteiger partial charge on any atom is -0.473 e. The van der Waals surface area contributed by atoms with Crippen LogP contribution in [0.3, 0.4) is 0 Å². The van der Waals surface area contributed by atoms with Crippen molar-refractivity contribution in [1.29, 1.82) is 10.7 Å². The minimum absolute atomic E-state index is 0.0144. The number of hydrogen-bond acceptors (Lipinski definition) is 8. The van der Waals surface area contributed by atoms with Crippen molar-refractivity contribution in [2.45, 2.75) is 12.2 Å². The smallest absolute Gasteiger partial charge is 0.243 e. The van der Waals surface area contributed by atoms with E-state index in [2.05, 4.69) is 10.4 Å². The zero-order valence-electron chi connectivity index (χ0n) is 15.8. The van der Waals surface area contributed by atoms with Crippen molar-refractivity contribution in [2.75, 3.05) is 44.4 Å². The van der Waals surface area contributed by atoms with Crippen LogP contribution in [0.1, 0.15) is 5.56 Å². The number of anilines is 1. The van der Waals surface area contributed by atoms with E-state index >= 15 is 0 Å². The molecule has 1 aromatic rings. The highest BCUT2D eigenvalue weighted by Gasteiger charge is 2.42. The second kappa shape index (κ2) is 8.32. The number of hydrazone groups is 1. The van der Waals surface area contributed by atoms with E-state index in [0.717, 1.165) is 19.2 Å². The first-order valence-corrected chi connectivity index (χ1v) is 9.52. The van der Waals surface area contributed by atoms with Gasteiger partial charge >= 0.3 is 0 Å². The van der Waals surface area contributed by atoms with Gasteiger partial charge in [0.2, 0.25) is 5.90 Å². The average Bonchev–Trinajstić information content (AvgIpc) is 2.72. The van der Waals surface area contributed by atoms with E-state index in [4.69, 9.17) is 30.7 Å². The largest absolute Gasteiger partial charge is 0.473 e. The van der Waals surface area contributed by atoms with Crippen molar-refractivity contribution in [1.82, 2.24) is 5.32 Å². The molecule has 0 aliphatic carbocycles. The summed E-state index contributed by atoms with van der Waals surface area (Å²) in [6.45, 7) is 3.24. The van der Waals surface area contributed by atoms with E-state index in [0.29, 0.717) is 19.8 Å². The normalized spacial score (nSPS) is 30.0. The fourth-order valence-electron chi connectivity index (χ4n) is 4.08. The van der Waals surface area contributed by atoms with E-state index in [1.165, 1.54) is 17.0 Å². The molecule has 3 aliphatic rings. The second-order valence-corrected chi connectivity index (χ2v) is 7.33. The zero-order chi connectivity index (χ0) is 20.4. The first-order valence-electron chi connectivity index (χ1n) is 9.52. The van der Waals surface area contributed by atoms with E-state index < -0.39 is 11.9 Å². The maximum Gasteiger partial charge on any atom is 0.243 e. The number of amidine groups is 1. The van der Waals surface area contributed by atoms with Crippen LogP contribution in [-0.2, 0) is 14.2 Å². The molecule has 2 bridgehead atoms. The van der Waals surface area contributed by atoms with Gasteiger partial charge in [-0.3, -0.25) is 5.41 Å². The Hall–Kier alpha value is -2.74. The maximum absolute atomic E-state index is 14.5. The van der Waals surface area contributed by atoms with Gasteiger partial charge in [0.15, 0.2) is 6.10 Å². The lowest BCUT2D eigenvalue weighted by Gasteiger charge is -2.43. The Morgan fingerprint density at radius 3 is 2.79 bits per heavy atom. The lowest BCUT2D eigenvalue weighted by Crippen LogP contribution is -2.58. The summed E-state index contributed by atoms with van der Waals surface area (Å²) in [6, 6.07) is 6.05. The molecule has 3 atom stereocenters. The lowest BCUT2D eigenvalue weighted by molar-refractivity contribution is -0.0910. The number of ether oxygens (including phenoxy) is 3. The number of morpholine rings is 1. The first kappa shape index (κ1) is 19.6. The molecule has 0 radical (unpaired) electrons. The Morgan fingerprint density at radius 2 is 2.14 bits per heavy atom. The Labute approximate surface area is 167 Å². The summed E-state index contributed by atoms with van der Waals surface area (Å²) in [6.07, 6.45) is -1.06. The van der Waals surface area contributed by atoms with Crippen LogP contribution in [0.15, 0.2) is 23.3 Å². The number of piperidine rings is 1. The molecule has 3 aliphatic heterocycles.